The Hall–Kier alpha value is -3.03. The normalized spacial score (nSPS) is 16.4. The van der Waals surface area contributed by atoms with Crippen molar-refractivity contribution in [2.24, 2.45) is 0 Å². The molecule has 1 saturated heterocycles. The summed E-state index contributed by atoms with van der Waals surface area (Å²) >= 11 is 0. The number of carbonyl (C=O) groups excluding carboxylic acids is 2. The van der Waals surface area contributed by atoms with Gasteiger partial charge in [-0.3, -0.25) is 14.7 Å². The Bertz CT molecular complexity index is 789. The van der Waals surface area contributed by atoms with Gasteiger partial charge in [-0.05, 0) is 24.6 Å². The predicted octanol–water partition coefficient (Wildman–Crippen LogP) is 1.35. The predicted molar refractivity (Wildman–Crippen MR) is 94.0 cm³/mol. The molecule has 1 fully saturated rings. The second-order valence-electron chi connectivity index (χ2n) is 6.18. The highest BCUT2D eigenvalue weighted by Crippen LogP contribution is 2.20. The monoisotopic (exact) mass is 358 g/mol. The summed E-state index contributed by atoms with van der Waals surface area (Å²) < 4.78 is 10.8. The van der Waals surface area contributed by atoms with Gasteiger partial charge < -0.3 is 19.7 Å². The molecular formula is C18H22N4O4. The lowest BCUT2D eigenvalue weighted by atomic mass is 10.2. The van der Waals surface area contributed by atoms with Crippen LogP contribution >= 0.6 is 0 Å². The molecule has 1 atom stereocenters. The summed E-state index contributed by atoms with van der Waals surface area (Å²) in [5.41, 5.74) is 1.05. The number of benzene rings is 1. The van der Waals surface area contributed by atoms with Crippen molar-refractivity contribution in [1.82, 2.24) is 20.4 Å². The zero-order valence-electron chi connectivity index (χ0n) is 14.8. The molecule has 1 aliphatic rings. The number of hydrogen-bond acceptors (Lipinski definition) is 5. The van der Waals surface area contributed by atoms with Gasteiger partial charge in [0.2, 0.25) is 5.91 Å². The Morgan fingerprint density at radius 2 is 2.15 bits per heavy atom. The minimum absolute atomic E-state index is 0.00579. The third-order valence-corrected chi connectivity index (χ3v) is 4.17. The lowest BCUT2D eigenvalue weighted by molar-refractivity contribution is -0.119. The quantitative estimate of drug-likeness (QED) is 0.812. The third-order valence-electron chi connectivity index (χ3n) is 4.17. The van der Waals surface area contributed by atoms with Crippen molar-refractivity contribution < 1.29 is 19.1 Å². The van der Waals surface area contributed by atoms with E-state index in [0.29, 0.717) is 36.0 Å². The highest BCUT2D eigenvalue weighted by Gasteiger charge is 2.28. The van der Waals surface area contributed by atoms with E-state index in [0.717, 1.165) is 6.42 Å². The van der Waals surface area contributed by atoms with Crippen molar-refractivity contribution in [2.45, 2.75) is 26.0 Å². The SMILES string of the molecule is COc1cccc(OCc2cc(C(=O)N3CC[C@H](NC(C)=O)C3)n[nH]2)c1. The van der Waals surface area contributed by atoms with Crippen LogP contribution in [0.15, 0.2) is 30.3 Å². The lowest BCUT2D eigenvalue weighted by Crippen LogP contribution is -2.37. The van der Waals surface area contributed by atoms with E-state index in [1.807, 2.05) is 18.2 Å². The zero-order chi connectivity index (χ0) is 18.5. The number of H-pyrrole nitrogens is 1. The molecule has 1 aromatic heterocycles. The fraction of sp³-hybridized carbons (Fsp3) is 0.389. The second kappa shape index (κ2) is 7.90. The summed E-state index contributed by atoms with van der Waals surface area (Å²) in [4.78, 5) is 25.3. The molecule has 3 rings (SSSR count). The van der Waals surface area contributed by atoms with E-state index in [1.165, 1.54) is 6.92 Å². The van der Waals surface area contributed by atoms with Crippen molar-refractivity contribution in [3.05, 3.63) is 41.7 Å². The number of amides is 2. The van der Waals surface area contributed by atoms with E-state index in [-0.39, 0.29) is 24.5 Å². The van der Waals surface area contributed by atoms with Crippen molar-refractivity contribution in [3.8, 4) is 11.5 Å². The highest BCUT2D eigenvalue weighted by atomic mass is 16.5. The maximum Gasteiger partial charge on any atom is 0.274 e. The van der Waals surface area contributed by atoms with Crippen molar-refractivity contribution in [1.29, 1.82) is 0 Å². The first kappa shape index (κ1) is 17.8. The molecule has 138 valence electrons. The molecule has 0 bridgehead atoms. The number of nitrogens with zero attached hydrogens (tertiary/aromatic N) is 2. The first-order valence-electron chi connectivity index (χ1n) is 8.42. The van der Waals surface area contributed by atoms with Crippen molar-refractivity contribution in [3.63, 3.8) is 0 Å². The number of ether oxygens (including phenoxy) is 2. The maximum absolute atomic E-state index is 12.5. The first-order chi connectivity index (χ1) is 12.5. The average molecular weight is 358 g/mol. The molecular weight excluding hydrogens is 336 g/mol. The Morgan fingerprint density at radius 3 is 2.92 bits per heavy atom. The Balaban J connectivity index is 1.55. The summed E-state index contributed by atoms with van der Waals surface area (Å²) in [6.07, 6.45) is 0.752. The van der Waals surface area contributed by atoms with Gasteiger partial charge in [0, 0.05) is 32.1 Å². The van der Waals surface area contributed by atoms with Gasteiger partial charge in [0.15, 0.2) is 5.69 Å². The summed E-state index contributed by atoms with van der Waals surface area (Å²) in [6.45, 7) is 2.85. The molecule has 1 aromatic carbocycles. The number of rotatable bonds is 6. The fourth-order valence-electron chi connectivity index (χ4n) is 2.91. The molecule has 26 heavy (non-hydrogen) atoms. The second-order valence-corrected chi connectivity index (χ2v) is 6.18. The molecule has 8 heteroatoms. The van der Waals surface area contributed by atoms with Crippen LogP contribution in [0.3, 0.4) is 0 Å². The molecule has 0 unspecified atom stereocenters. The van der Waals surface area contributed by atoms with Crippen molar-refractivity contribution >= 4 is 11.8 Å². The van der Waals surface area contributed by atoms with Crippen molar-refractivity contribution in [2.75, 3.05) is 20.2 Å². The standard InChI is InChI=1S/C18H22N4O4/c1-12(23)19-13-6-7-22(10-13)18(24)17-8-14(20-21-17)11-26-16-5-3-4-15(9-16)25-2/h3-5,8-9,13H,6-7,10-11H2,1-2H3,(H,19,23)(H,20,21)/t13-/m0/s1. The molecule has 2 N–H and O–H groups in total. The zero-order valence-corrected chi connectivity index (χ0v) is 14.8. The van der Waals surface area contributed by atoms with Gasteiger partial charge in [-0.15, -0.1) is 0 Å². The number of nitrogens with one attached hydrogen (secondary N) is 2. The van der Waals surface area contributed by atoms with Gasteiger partial charge in [0.05, 0.1) is 12.8 Å². The van der Waals surface area contributed by atoms with E-state index in [2.05, 4.69) is 15.5 Å². The van der Waals surface area contributed by atoms with Gasteiger partial charge in [-0.2, -0.15) is 5.10 Å². The number of hydrogen-bond donors (Lipinski definition) is 2. The lowest BCUT2D eigenvalue weighted by Gasteiger charge is -2.15. The maximum atomic E-state index is 12.5. The van der Waals surface area contributed by atoms with E-state index >= 15 is 0 Å². The van der Waals surface area contributed by atoms with Crippen LogP contribution in [0.1, 0.15) is 29.5 Å². The van der Waals surface area contributed by atoms with Crippen LogP contribution in [-0.4, -0.2) is 53.2 Å². The number of methoxy groups -OCH3 is 1. The van der Waals surface area contributed by atoms with Crippen LogP contribution in [0.25, 0.3) is 0 Å². The average Bonchev–Trinajstić information content (AvgIpc) is 3.28. The van der Waals surface area contributed by atoms with Crippen LogP contribution in [0, 0.1) is 0 Å². The molecule has 0 spiro atoms. The van der Waals surface area contributed by atoms with Crippen LogP contribution in [0.4, 0.5) is 0 Å². The largest absolute Gasteiger partial charge is 0.497 e. The molecule has 2 aromatic rings. The highest BCUT2D eigenvalue weighted by molar-refractivity contribution is 5.92. The Kier molecular flexibility index (Phi) is 5.40. The van der Waals surface area contributed by atoms with E-state index in [4.69, 9.17) is 9.47 Å². The van der Waals surface area contributed by atoms with Crippen LogP contribution in [-0.2, 0) is 11.4 Å². The summed E-state index contributed by atoms with van der Waals surface area (Å²) in [7, 11) is 1.60. The Labute approximate surface area is 151 Å². The molecule has 2 heterocycles. The summed E-state index contributed by atoms with van der Waals surface area (Å²) in [5, 5.41) is 9.75. The molecule has 2 amide bonds. The summed E-state index contributed by atoms with van der Waals surface area (Å²) in [6, 6.07) is 8.99. The molecule has 1 aliphatic heterocycles. The van der Waals surface area contributed by atoms with Gasteiger partial charge >= 0.3 is 0 Å². The fourth-order valence-corrected chi connectivity index (χ4v) is 2.91. The number of likely N-dealkylation sites (tertiary alicyclic amines) is 1. The topological polar surface area (TPSA) is 96.6 Å². The van der Waals surface area contributed by atoms with E-state index in [9.17, 15) is 9.59 Å². The van der Waals surface area contributed by atoms with Gasteiger partial charge in [0.25, 0.3) is 5.91 Å². The van der Waals surface area contributed by atoms with E-state index < -0.39 is 0 Å². The number of carbonyl (C=O) groups is 2. The van der Waals surface area contributed by atoms with Gasteiger partial charge in [0.1, 0.15) is 18.1 Å². The van der Waals surface area contributed by atoms with Crippen LogP contribution < -0.4 is 14.8 Å². The number of aromatic nitrogens is 2. The Morgan fingerprint density at radius 1 is 1.35 bits per heavy atom. The third kappa shape index (κ3) is 4.33. The van der Waals surface area contributed by atoms with Crippen LogP contribution in [0.2, 0.25) is 0 Å². The molecule has 8 nitrogen and oxygen atoms in total. The molecule has 0 aliphatic carbocycles. The minimum Gasteiger partial charge on any atom is -0.497 e. The van der Waals surface area contributed by atoms with Crippen LogP contribution in [0.5, 0.6) is 11.5 Å². The summed E-state index contributed by atoms with van der Waals surface area (Å²) in [5.74, 6) is 1.15. The van der Waals surface area contributed by atoms with Gasteiger partial charge in [-0.25, -0.2) is 0 Å². The van der Waals surface area contributed by atoms with Gasteiger partial charge in [-0.1, -0.05) is 6.07 Å². The minimum atomic E-state index is -0.151. The first-order valence-corrected chi connectivity index (χ1v) is 8.42. The molecule has 0 radical (unpaired) electrons. The van der Waals surface area contributed by atoms with E-state index in [1.54, 1.807) is 24.1 Å². The smallest absolute Gasteiger partial charge is 0.274 e. The number of aromatic amines is 1. The molecule has 0 saturated carbocycles.